The summed E-state index contributed by atoms with van der Waals surface area (Å²) in [6, 6.07) is 9.60. The number of rotatable bonds is 6. The molecular formula is C15H18O4P-. The minimum atomic E-state index is -3.19. The molecule has 1 aromatic carbocycles. The van der Waals surface area contributed by atoms with E-state index in [0.29, 0.717) is 19.3 Å². The molecule has 0 saturated heterocycles. The second-order valence-electron chi connectivity index (χ2n) is 5.16. The van der Waals surface area contributed by atoms with E-state index in [4.69, 9.17) is 0 Å². The molecule has 108 valence electrons. The topological polar surface area (TPSA) is 77.4 Å². The predicted octanol–water partition coefficient (Wildman–Crippen LogP) is 2.03. The van der Waals surface area contributed by atoms with Gasteiger partial charge in [0.1, 0.15) is 0 Å². The number of allylic oxidation sites excluding steroid dienone is 2. The summed E-state index contributed by atoms with van der Waals surface area (Å²) in [7, 11) is -3.19. The van der Waals surface area contributed by atoms with Crippen LogP contribution in [0.4, 0.5) is 0 Å². The maximum atomic E-state index is 12.2. The highest BCUT2D eigenvalue weighted by Gasteiger charge is 2.35. The average Bonchev–Trinajstić information content (AvgIpc) is 2.71. The molecule has 2 atom stereocenters. The van der Waals surface area contributed by atoms with E-state index in [-0.39, 0.29) is 18.2 Å². The summed E-state index contributed by atoms with van der Waals surface area (Å²) in [4.78, 5) is 20.4. The third-order valence-corrected chi connectivity index (χ3v) is 5.82. The van der Waals surface area contributed by atoms with Crippen LogP contribution in [0.5, 0.6) is 0 Å². The second-order valence-corrected chi connectivity index (χ2v) is 7.65. The number of benzene rings is 1. The van der Waals surface area contributed by atoms with Crippen LogP contribution in [0.15, 0.2) is 36.4 Å². The molecule has 0 saturated carbocycles. The van der Waals surface area contributed by atoms with Gasteiger partial charge in [-0.1, -0.05) is 42.8 Å². The van der Waals surface area contributed by atoms with Crippen LogP contribution in [0.2, 0.25) is 0 Å². The number of carboxylic acid groups (broad SMARTS) is 1. The van der Waals surface area contributed by atoms with Gasteiger partial charge in [-0.3, -0.25) is 4.57 Å². The van der Waals surface area contributed by atoms with Gasteiger partial charge >= 0.3 is 0 Å². The van der Waals surface area contributed by atoms with Crippen molar-refractivity contribution in [3.05, 3.63) is 42.0 Å². The number of aliphatic carboxylic acids is 1. The molecule has 1 aliphatic rings. The zero-order valence-electron chi connectivity index (χ0n) is 11.2. The lowest BCUT2D eigenvalue weighted by Gasteiger charge is -2.13. The molecule has 5 heteroatoms. The summed E-state index contributed by atoms with van der Waals surface area (Å²) in [5.74, 6) is -1.07. The third-order valence-electron chi connectivity index (χ3n) is 3.58. The van der Waals surface area contributed by atoms with Gasteiger partial charge in [-0.25, -0.2) is 0 Å². The fourth-order valence-corrected chi connectivity index (χ4v) is 4.52. The number of carboxylic acids is 1. The van der Waals surface area contributed by atoms with Crippen LogP contribution in [-0.2, 0) is 9.36 Å². The smallest absolute Gasteiger partial charge is 0.211 e. The summed E-state index contributed by atoms with van der Waals surface area (Å²) in [5, 5.41) is 10.3. The highest BCUT2D eigenvalue weighted by atomic mass is 31.2. The first kappa shape index (κ1) is 15.0. The van der Waals surface area contributed by atoms with Crippen molar-refractivity contribution in [2.45, 2.75) is 31.3 Å². The maximum Gasteiger partial charge on any atom is 0.211 e. The number of hydrogen-bond donors (Lipinski definition) is 1. The van der Waals surface area contributed by atoms with Crippen molar-refractivity contribution in [2.75, 3.05) is 6.16 Å². The minimum absolute atomic E-state index is 0.0116. The van der Waals surface area contributed by atoms with Gasteiger partial charge < -0.3 is 14.8 Å². The van der Waals surface area contributed by atoms with Gasteiger partial charge in [-0.2, -0.15) is 0 Å². The van der Waals surface area contributed by atoms with Crippen LogP contribution >= 0.6 is 7.37 Å². The van der Waals surface area contributed by atoms with E-state index in [1.807, 2.05) is 36.4 Å². The van der Waals surface area contributed by atoms with Crippen molar-refractivity contribution < 1.29 is 19.4 Å². The van der Waals surface area contributed by atoms with Crippen molar-refractivity contribution in [1.82, 2.24) is 0 Å². The lowest BCUT2D eigenvalue weighted by molar-refractivity contribution is -0.305. The van der Waals surface area contributed by atoms with E-state index in [0.717, 1.165) is 11.1 Å². The highest BCUT2D eigenvalue weighted by molar-refractivity contribution is 7.60. The van der Waals surface area contributed by atoms with E-state index in [1.165, 1.54) is 0 Å². The second kappa shape index (κ2) is 6.38. The molecule has 0 aliphatic carbocycles. The van der Waals surface area contributed by atoms with Gasteiger partial charge in [-0.15, -0.1) is 0 Å². The fourth-order valence-electron chi connectivity index (χ4n) is 2.51. The molecule has 4 nitrogen and oxygen atoms in total. The van der Waals surface area contributed by atoms with Gasteiger partial charge in [0.15, 0.2) is 0 Å². The summed E-state index contributed by atoms with van der Waals surface area (Å²) in [6.07, 6.45) is 3.78. The Morgan fingerprint density at radius 3 is 2.65 bits per heavy atom. The predicted molar refractivity (Wildman–Crippen MR) is 76.4 cm³/mol. The Morgan fingerprint density at radius 2 is 2.00 bits per heavy atom. The molecule has 1 heterocycles. The van der Waals surface area contributed by atoms with Crippen molar-refractivity contribution >= 4 is 18.9 Å². The van der Waals surface area contributed by atoms with Crippen LogP contribution < -0.4 is 5.11 Å². The summed E-state index contributed by atoms with van der Waals surface area (Å²) in [6.45, 7) is 0. The van der Waals surface area contributed by atoms with Crippen LogP contribution in [0.3, 0.4) is 0 Å². The standard InChI is InChI=1S/C15H19O4P/c16-15(17)9-5-4-8-14-10-13(11-20(14,18)19)12-6-2-1-3-7-12/h1-3,6-7,10,14H,4-5,8-9,11H2,(H,16,17)(H,18,19)/p-1. The van der Waals surface area contributed by atoms with Crippen LogP contribution in [-0.4, -0.2) is 22.7 Å². The van der Waals surface area contributed by atoms with Gasteiger partial charge in [0.05, 0.1) is 11.8 Å². The number of hydrogen-bond acceptors (Lipinski definition) is 3. The first-order valence-electron chi connectivity index (χ1n) is 6.76. The van der Waals surface area contributed by atoms with Crippen LogP contribution in [0, 0.1) is 0 Å². The van der Waals surface area contributed by atoms with Crippen LogP contribution in [0.1, 0.15) is 31.2 Å². The summed E-state index contributed by atoms with van der Waals surface area (Å²) in [5.41, 5.74) is 1.56. The van der Waals surface area contributed by atoms with E-state index >= 15 is 0 Å². The monoisotopic (exact) mass is 293 g/mol. The maximum absolute atomic E-state index is 12.2. The van der Waals surface area contributed by atoms with E-state index in [9.17, 15) is 19.4 Å². The Morgan fingerprint density at radius 1 is 1.30 bits per heavy atom. The first-order valence-corrected chi connectivity index (χ1v) is 8.68. The lowest BCUT2D eigenvalue weighted by Crippen LogP contribution is -2.21. The van der Waals surface area contributed by atoms with E-state index in [1.54, 1.807) is 0 Å². The molecule has 1 aliphatic heterocycles. The molecular weight excluding hydrogens is 275 g/mol. The zero-order chi connectivity index (χ0) is 14.6. The molecule has 0 spiro atoms. The molecule has 0 aromatic heterocycles. The molecule has 0 amide bonds. The molecule has 2 unspecified atom stereocenters. The number of unbranched alkanes of at least 4 members (excludes halogenated alkanes) is 1. The summed E-state index contributed by atoms with van der Waals surface area (Å²) >= 11 is 0. The molecule has 2 rings (SSSR count). The lowest BCUT2D eigenvalue weighted by atomic mass is 10.0. The number of carbonyl (C=O) groups is 1. The average molecular weight is 293 g/mol. The van der Waals surface area contributed by atoms with Crippen molar-refractivity contribution in [3.8, 4) is 0 Å². The Balaban J connectivity index is 1.99. The molecule has 20 heavy (non-hydrogen) atoms. The van der Waals surface area contributed by atoms with Gasteiger partial charge in [0.25, 0.3) is 0 Å². The summed E-state index contributed by atoms with van der Waals surface area (Å²) < 4.78 is 12.2. The third kappa shape index (κ3) is 3.81. The van der Waals surface area contributed by atoms with E-state index in [2.05, 4.69) is 0 Å². The van der Waals surface area contributed by atoms with Crippen molar-refractivity contribution in [2.24, 2.45) is 0 Å². The number of carbonyl (C=O) groups excluding carboxylic acids is 1. The SMILES string of the molecule is O=C([O-])CCCCC1C=C(c2ccccc2)CP1(=O)O. The van der Waals surface area contributed by atoms with Gasteiger partial charge in [-0.05, 0) is 30.4 Å². The zero-order valence-corrected chi connectivity index (χ0v) is 12.1. The van der Waals surface area contributed by atoms with Gasteiger partial charge in [0.2, 0.25) is 7.37 Å². The largest absolute Gasteiger partial charge is 0.550 e. The Bertz CT molecular complexity index is 550. The highest BCUT2D eigenvalue weighted by Crippen LogP contribution is 2.56. The Hall–Kier alpha value is -1.38. The quantitative estimate of drug-likeness (QED) is 0.643. The molecule has 0 radical (unpaired) electrons. The molecule has 0 fully saturated rings. The van der Waals surface area contributed by atoms with Crippen molar-refractivity contribution in [1.29, 1.82) is 0 Å². The van der Waals surface area contributed by atoms with Crippen molar-refractivity contribution in [3.63, 3.8) is 0 Å². The normalized spacial score (nSPS) is 25.4. The minimum Gasteiger partial charge on any atom is -0.550 e. The Kier molecular flexibility index (Phi) is 4.79. The first-order chi connectivity index (χ1) is 9.49. The van der Waals surface area contributed by atoms with Crippen LogP contribution in [0.25, 0.3) is 5.57 Å². The fraction of sp³-hybridized carbons (Fsp3) is 0.400. The molecule has 0 bridgehead atoms. The van der Waals surface area contributed by atoms with E-state index < -0.39 is 13.3 Å². The van der Waals surface area contributed by atoms with Gasteiger partial charge in [0, 0.05) is 5.97 Å². The molecule has 1 N–H and O–H groups in total. The Labute approximate surface area is 118 Å². The molecule has 1 aromatic rings.